The lowest BCUT2D eigenvalue weighted by Crippen LogP contribution is -2.08. The van der Waals surface area contributed by atoms with Gasteiger partial charge in [0, 0.05) is 18.4 Å². The summed E-state index contributed by atoms with van der Waals surface area (Å²) in [4.78, 5) is 8.69. The SMILES string of the molecule is CCOc1ccc(Nc2ccnc(NCCC(C)C)n2)cc1. The smallest absolute Gasteiger partial charge is 0.224 e. The minimum atomic E-state index is 0.650. The summed E-state index contributed by atoms with van der Waals surface area (Å²) in [6.07, 6.45) is 2.85. The van der Waals surface area contributed by atoms with Crippen molar-refractivity contribution in [1.82, 2.24) is 9.97 Å². The molecule has 0 radical (unpaired) electrons. The van der Waals surface area contributed by atoms with Crippen molar-refractivity contribution >= 4 is 17.5 Å². The second kappa shape index (κ2) is 8.22. The van der Waals surface area contributed by atoms with Gasteiger partial charge in [0.25, 0.3) is 0 Å². The van der Waals surface area contributed by atoms with Crippen molar-refractivity contribution in [2.75, 3.05) is 23.8 Å². The highest BCUT2D eigenvalue weighted by atomic mass is 16.5. The van der Waals surface area contributed by atoms with Crippen LogP contribution in [-0.2, 0) is 0 Å². The number of hydrogen-bond acceptors (Lipinski definition) is 5. The molecule has 0 spiro atoms. The second-order valence-corrected chi connectivity index (χ2v) is 5.46. The van der Waals surface area contributed by atoms with E-state index in [1.54, 1.807) is 6.20 Å². The van der Waals surface area contributed by atoms with Crippen LogP contribution < -0.4 is 15.4 Å². The fraction of sp³-hybridized carbons (Fsp3) is 0.412. The van der Waals surface area contributed by atoms with Gasteiger partial charge < -0.3 is 15.4 Å². The van der Waals surface area contributed by atoms with E-state index in [9.17, 15) is 0 Å². The first-order chi connectivity index (χ1) is 10.7. The number of rotatable bonds is 8. The third kappa shape index (κ3) is 5.24. The highest BCUT2D eigenvalue weighted by Gasteiger charge is 2.01. The molecule has 2 N–H and O–H groups in total. The molecule has 0 saturated heterocycles. The lowest BCUT2D eigenvalue weighted by Gasteiger charge is -2.10. The number of nitrogens with zero attached hydrogens (tertiary/aromatic N) is 2. The number of hydrogen-bond donors (Lipinski definition) is 2. The van der Waals surface area contributed by atoms with E-state index in [-0.39, 0.29) is 0 Å². The normalized spacial score (nSPS) is 10.5. The van der Waals surface area contributed by atoms with Crippen LogP contribution in [0.4, 0.5) is 17.5 Å². The van der Waals surface area contributed by atoms with Gasteiger partial charge in [0.2, 0.25) is 5.95 Å². The second-order valence-electron chi connectivity index (χ2n) is 5.46. The average molecular weight is 300 g/mol. The molecule has 0 bridgehead atoms. The van der Waals surface area contributed by atoms with Crippen LogP contribution in [0, 0.1) is 5.92 Å². The number of ether oxygens (including phenoxy) is 1. The Labute approximate surface area is 132 Å². The van der Waals surface area contributed by atoms with Crippen molar-refractivity contribution in [2.45, 2.75) is 27.2 Å². The Hall–Kier alpha value is -2.30. The monoisotopic (exact) mass is 300 g/mol. The van der Waals surface area contributed by atoms with Crippen LogP contribution in [0.25, 0.3) is 0 Å². The molecular formula is C17H24N4O. The zero-order valence-corrected chi connectivity index (χ0v) is 13.5. The van der Waals surface area contributed by atoms with Gasteiger partial charge in [-0.05, 0) is 49.6 Å². The fourth-order valence-electron chi connectivity index (χ4n) is 1.94. The Kier molecular flexibility index (Phi) is 6.01. The number of benzene rings is 1. The van der Waals surface area contributed by atoms with Gasteiger partial charge in [0.1, 0.15) is 11.6 Å². The molecule has 5 heteroatoms. The molecule has 1 aromatic carbocycles. The maximum absolute atomic E-state index is 5.43. The van der Waals surface area contributed by atoms with Gasteiger partial charge in [0.05, 0.1) is 6.61 Å². The Morgan fingerprint density at radius 3 is 2.59 bits per heavy atom. The van der Waals surface area contributed by atoms with Crippen molar-refractivity contribution in [1.29, 1.82) is 0 Å². The highest BCUT2D eigenvalue weighted by molar-refractivity contribution is 5.57. The minimum Gasteiger partial charge on any atom is -0.494 e. The van der Waals surface area contributed by atoms with Crippen molar-refractivity contribution in [3.05, 3.63) is 36.5 Å². The third-order valence-corrected chi connectivity index (χ3v) is 3.10. The molecule has 0 amide bonds. The van der Waals surface area contributed by atoms with Crippen LogP contribution in [0.3, 0.4) is 0 Å². The molecule has 0 aliphatic heterocycles. The summed E-state index contributed by atoms with van der Waals surface area (Å²) in [6, 6.07) is 9.67. The molecule has 22 heavy (non-hydrogen) atoms. The molecule has 0 aliphatic rings. The molecule has 0 unspecified atom stereocenters. The van der Waals surface area contributed by atoms with Gasteiger partial charge in [-0.25, -0.2) is 4.98 Å². The maximum atomic E-state index is 5.43. The summed E-state index contributed by atoms with van der Waals surface area (Å²) in [7, 11) is 0. The van der Waals surface area contributed by atoms with E-state index >= 15 is 0 Å². The zero-order chi connectivity index (χ0) is 15.8. The third-order valence-electron chi connectivity index (χ3n) is 3.10. The minimum absolute atomic E-state index is 0.650. The van der Waals surface area contributed by atoms with E-state index < -0.39 is 0 Å². The molecular weight excluding hydrogens is 276 g/mol. The molecule has 0 fully saturated rings. The van der Waals surface area contributed by atoms with Gasteiger partial charge in [-0.3, -0.25) is 0 Å². The maximum Gasteiger partial charge on any atom is 0.224 e. The lowest BCUT2D eigenvalue weighted by atomic mass is 10.1. The van der Waals surface area contributed by atoms with Gasteiger partial charge in [0.15, 0.2) is 0 Å². The van der Waals surface area contributed by atoms with E-state index in [0.717, 1.165) is 30.2 Å². The van der Waals surface area contributed by atoms with E-state index in [0.29, 0.717) is 18.5 Å². The van der Waals surface area contributed by atoms with Crippen molar-refractivity contribution in [2.24, 2.45) is 5.92 Å². The first-order valence-electron chi connectivity index (χ1n) is 7.74. The lowest BCUT2D eigenvalue weighted by molar-refractivity contribution is 0.340. The van der Waals surface area contributed by atoms with Crippen molar-refractivity contribution in [3.63, 3.8) is 0 Å². The van der Waals surface area contributed by atoms with Crippen LogP contribution in [0.1, 0.15) is 27.2 Å². The van der Waals surface area contributed by atoms with Gasteiger partial charge >= 0.3 is 0 Å². The highest BCUT2D eigenvalue weighted by Crippen LogP contribution is 2.19. The summed E-state index contributed by atoms with van der Waals surface area (Å²) in [6.45, 7) is 7.92. The van der Waals surface area contributed by atoms with E-state index in [4.69, 9.17) is 4.74 Å². The molecule has 1 aromatic heterocycles. The summed E-state index contributed by atoms with van der Waals surface area (Å²) in [5.41, 5.74) is 0.968. The molecule has 1 heterocycles. The predicted molar refractivity (Wildman–Crippen MR) is 90.9 cm³/mol. The first kappa shape index (κ1) is 16.1. The average Bonchev–Trinajstić information content (AvgIpc) is 2.50. The standard InChI is InChI=1S/C17H24N4O/c1-4-22-15-7-5-14(6-8-15)20-16-10-12-19-17(21-16)18-11-9-13(2)3/h5-8,10,12-13H,4,9,11H2,1-3H3,(H2,18,19,20,21). The van der Waals surface area contributed by atoms with Crippen molar-refractivity contribution in [3.8, 4) is 5.75 Å². The Morgan fingerprint density at radius 1 is 1.14 bits per heavy atom. The topological polar surface area (TPSA) is 59.1 Å². The predicted octanol–water partition coefficient (Wildman–Crippen LogP) is 4.08. The number of aromatic nitrogens is 2. The summed E-state index contributed by atoms with van der Waals surface area (Å²) in [5.74, 6) is 2.95. The first-order valence-corrected chi connectivity index (χ1v) is 7.74. The molecule has 5 nitrogen and oxygen atoms in total. The largest absolute Gasteiger partial charge is 0.494 e. The quantitative estimate of drug-likeness (QED) is 0.769. The van der Waals surface area contributed by atoms with E-state index in [2.05, 4.69) is 34.4 Å². The number of anilines is 3. The summed E-state index contributed by atoms with van der Waals surface area (Å²) in [5, 5.41) is 6.51. The van der Waals surface area contributed by atoms with Crippen LogP contribution in [0.15, 0.2) is 36.5 Å². The van der Waals surface area contributed by atoms with Gasteiger partial charge in [-0.15, -0.1) is 0 Å². The number of nitrogens with one attached hydrogen (secondary N) is 2. The van der Waals surface area contributed by atoms with Crippen LogP contribution in [-0.4, -0.2) is 23.1 Å². The Morgan fingerprint density at radius 2 is 1.91 bits per heavy atom. The molecule has 2 rings (SSSR count). The van der Waals surface area contributed by atoms with Crippen molar-refractivity contribution < 1.29 is 4.74 Å². The van der Waals surface area contributed by atoms with Gasteiger partial charge in [-0.2, -0.15) is 4.98 Å². The molecule has 0 aliphatic carbocycles. The summed E-state index contributed by atoms with van der Waals surface area (Å²) >= 11 is 0. The zero-order valence-electron chi connectivity index (χ0n) is 13.5. The summed E-state index contributed by atoms with van der Waals surface area (Å²) < 4.78 is 5.43. The van der Waals surface area contributed by atoms with E-state index in [1.165, 1.54) is 0 Å². The van der Waals surface area contributed by atoms with Crippen LogP contribution in [0.5, 0.6) is 5.75 Å². The Balaban J connectivity index is 1.94. The van der Waals surface area contributed by atoms with Crippen LogP contribution in [0.2, 0.25) is 0 Å². The molecule has 0 saturated carbocycles. The molecule has 118 valence electrons. The molecule has 2 aromatic rings. The van der Waals surface area contributed by atoms with Gasteiger partial charge in [-0.1, -0.05) is 13.8 Å². The van der Waals surface area contributed by atoms with Crippen LogP contribution >= 0.6 is 0 Å². The molecule has 0 atom stereocenters. The Bertz CT molecular complexity index is 569. The fourth-order valence-corrected chi connectivity index (χ4v) is 1.94. The van der Waals surface area contributed by atoms with E-state index in [1.807, 2.05) is 37.3 Å².